The molecule has 0 spiro atoms. The molecule has 0 aromatic carbocycles. The number of carbonyl (C=O) groups is 2. The van der Waals surface area contributed by atoms with E-state index in [-0.39, 0.29) is 12.6 Å². The van der Waals surface area contributed by atoms with E-state index in [1.807, 2.05) is 13.8 Å². The summed E-state index contributed by atoms with van der Waals surface area (Å²) in [6.45, 7) is 4.13. The van der Waals surface area contributed by atoms with Crippen molar-refractivity contribution in [2.45, 2.75) is 33.1 Å². The van der Waals surface area contributed by atoms with Crippen LogP contribution in [-0.2, 0) is 18.3 Å². The van der Waals surface area contributed by atoms with E-state index in [9.17, 15) is 14.7 Å². The van der Waals surface area contributed by atoms with Gasteiger partial charge in [-0.1, -0.05) is 13.8 Å². The smallest absolute Gasteiger partial charge is 0.314 e. The molecule has 0 atom stereocenters. The Bertz CT molecular complexity index is 482. The van der Waals surface area contributed by atoms with Gasteiger partial charge >= 0.3 is 12.0 Å². The lowest BCUT2D eigenvalue weighted by Gasteiger charge is -2.26. The van der Waals surface area contributed by atoms with Crippen LogP contribution in [0.4, 0.5) is 4.79 Å². The van der Waals surface area contributed by atoms with Gasteiger partial charge < -0.3 is 15.7 Å². The van der Waals surface area contributed by atoms with Crippen LogP contribution in [0.5, 0.6) is 0 Å². The minimum atomic E-state index is -0.903. The highest BCUT2D eigenvalue weighted by Crippen LogP contribution is 2.25. The predicted octanol–water partition coefficient (Wildman–Crippen LogP) is 0.548. The Hall–Kier alpha value is -2.12. The lowest BCUT2D eigenvalue weighted by Crippen LogP contribution is -2.46. The first-order valence-corrected chi connectivity index (χ1v) is 7.03. The number of rotatable bonds is 8. The van der Waals surface area contributed by atoms with Crippen molar-refractivity contribution in [2.24, 2.45) is 12.5 Å². The molecule has 8 heteroatoms. The Labute approximate surface area is 123 Å². The zero-order valence-corrected chi connectivity index (χ0v) is 12.7. The number of aryl methyl sites for hydroxylation is 1. The van der Waals surface area contributed by atoms with Gasteiger partial charge in [0, 0.05) is 26.6 Å². The minimum absolute atomic E-state index is 0.114. The molecule has 0 unspecified atom stereocenters. The highest BCUT2D eigenvalue weighted by molar-refractivity contribution is 5.78. The van der Waals surface area contributed by atoms with Crippen LogP contribution < -0.4 is 10.6 Å². The topological polar surface area (TPSA) is 109 Å². The summed E-state index contributed by atoms with van der Waals surface area (Å²) in [6.07, 6.45) is 3.06. The number of carbonyl (C=O) groups excluding carboxylic acids is 1. The molecule has 0 saturated heterocycles. The standard InChI is InChI=1S/C13H23N5O3/c1-4-13(5-2,11(19)20)8-15-12(21)14-7-6-10-16-9-18(3)17-10/h9H,4-8H2,1-3H3,(H,19,20)(H2,14,15,21). The van der Waals surface area contributed by atoms with Crippen LogP contribution in [0.3, 0.4) is 0 Å². The first-order valence-electron chi connectivity index (χ1n) is 7.03. The highest BCUT2D eigenvalue weighted by atomic mass is 16.4. The first kappa shape index (κ1) is 16.9. The summed E-state index contributed by atoms with van der Waals surface area (Å²) in [6, 6.07) is -0.376. The van der Waals surface area contributed by atoms with Crippen molar-refractivity contribution in [3.05, 3.63) is 12.2 Å². The Morgan fingerprint density at radius 2 is 2.00 bits per heavy atom. The largest absolute Gasteiger partial charge is 0.481 e. The fraction of sp³-hybridized carbons (Fsp3) is 0.692. The molecule has 3 N–H and O–H groups in total. The van der Waals surface area contributed by atoms with E-state index in [1.165, 1.54) is 0 Å². The lowest BCUT2D eigenvalue weighted by molar-refractivity contribution is -0.149. The fourth-order valence-corrected chi connectivity index (χ4v) is 1.98. The molecule has 0 bridgehead atoms. The van der Waals surface area contributed by atoms with Crippen molar-refractivity contribution in [3.8, 4) is 0 Å². The SMILES string of the molecule is CCC(CC)(CNC(=O)NCCc1ncn(C)n1)C(=O)O. The molecule has 1 heterocycles. The molecule has 0 saturated carbocycles. The number of nitrogens with zero attached hydrogens (tertiary/aromatic N) is 3. The third-order valence-electron chi connectivity index (χ3n) is 3.68. The third kappa shape index (κ3) is 4.73. The summed E-state index contributed by atoms with van der Waals surface area (Å²) in [5, 5.41) is 18.7. The van der Waals surface area contributed by atoms with Gasteiger partial charge in [-0.05, 0) is 12.8 Å². The van der Waals surface area contributed by atoms with E-state index in [0.717, 1.165) is 0 Å². The first-order chi connectivity index (χ1) is 9.93. The van der Waals surface area contributed by atoms with Gasteiger partial charge in [0.2, 0.25) is 0 Å². The average Bonchev–Trinajstić information content (AvgIpc) is 2.86. The summed E-state index contributed by atoms with van der Waals surface area (Å²) in [7, 11) is 1.78. The van der Waals surface area contributed by atoms with E-state index < -0.39 is 11.4 Å². The predicted molar refractivity (Wildman–Crippen MR) is 76.8 cm³/mol. The maximum atomic E-state index is 11.7. The molecule has 0 aliphatic heterocycles. The molecule has 1 rings (SSSR count). The summed E-state index contributed by atoms with van der Waals surface area (Å²) in [5.41, 5.74) is -0.903. The van der Waals surface area contributed by atoms with E-state index in [1.54, 1.807) is 18.1 Å². The zero-order chi connectivity index (χ0) is 15.9. The molecule has 1 aromatic rings. The van der Waals surface area contributed by atoms with Gasteiger partial charge in [0.25, 0.3) is 0 Å². The normalized spacial score (nSPS) is 11.2. The van der Waals surface area contributed by atoms with E-state index in [0.29, 0.717) is 31.6 Å². The lowest BCUT2D eigenvalue weighted by atomic mass is 9.82. The van der Waals surface area contributed by atoms with Crippen LogP contribution in [0.1, 0.15) is 32.5 Å². The number of aromatic nitrogens is 3. The quantitative estimate of drug-likeness (QED) is 0.649. The molecule has 2 amide bonds. The van der Waals surface area contributed by atoms with Crippen LogP contribution in [0.15, 0.2) is 6.33 Å². The maximum Gasteiger partial charge on any atom is 0.314 e. The maximum absolute atomic E-state index is 11.7. The molecule has 21 heavy (non-hydrogen) atoms. The molecule has 118 valence electrons. The van der Waals surface area contributed by atoms with E-state index in [4.69, 9.17) is 0 Å². The summed E-state index contributed by atoms with van der Waals surface area (Å²) in [4.78, 5) is 27.0. The van der Waals surface area contributed by atoms with Crippen molar-refractivity contribution >= 4 is 12.0 Å². The van der Waals surface area contributed by atoms with E-state index in [2.05, 4.69) is 20.7 Å². The number of carboxylic acid groups (broad SMARTS) is 1. The Balaban J connectivity index is 2.34. The molecule has 0 aliphatic rings. The highest BCUT2D eigenvalue weighted by Gasteiger charge is 2.35. The monoisotopic (exact) mass is 297 g/mol. The third-order valence-corrected chi connectivity index (χ3v) is 3.68. The Kier molecular flexibility index (Phi) is 6.13. The van der Waals surface area contributed by atoms with Gasteiger partial charge in [-0.25, -0.2) is 9.78 Å². The van der Waals surface area contributed by atoms with E-state index >= 15 is 0 Å². The summed E-state index contributed by atoms with van der Waals surface area (Å²) in [5.74, 6) is -0.231. The number of hydrogen-bond acceptors (Lipinski definition) is 4. The van der Waals surface area contributed by atoms with Crippen LogP contribution in [-0.4, -0.2) is 45.0 Å². The second-order valence-electron chi connectivity index (χ2n) is 4.99. The summed E-state index contributed by atoms with van der Waals surface area (Å²) >= 11 is 0. The number of urea groups is 1. The Morgan fingerprint density at radius 3 is 2.48 bits per heavy atom. The van der Waals surface area contributed by atoms with Gasteiger partial charge in [0.05, 0.1) is 5.41 Å². The van der Waals surface area contributed by atoms with Crippen molar-refractivity contribution < 1.29 is 14.7 Å². The number of amides is 2. The minimum Gasteiger partial charge on any atom is -0.481 e. The fourth-order valence-electron chi connectivity index (χ4n) is 1.98. The van der Waals surface area contributed by atoms with Crippen LogP contribution >= 0.6 is 0 Å². The number of nitrogens with one attached hydrogen (secondary N) is 2. The number of aliphatic carboxylic acids is 1. The van der Waals surface area contributed by atoms with Crippen molar-refractivity contribution in [1.82, 2.24) is 25.4 Å². The van der Waals surface area contributed by atoms with Crippen LogP contribution in [0, 0.1) is 5.41 Å². The van der Waals surface area contributed by atoms with Gasteiger partial charge in [0.15, 0.2) is 5.82 Å². The number of carboxylic acids is 1. The van der Waals surface area contributed by atoms with Crippen LogP contribution in [0.25, 0.3) is 0 Å². The second kappa shape index (κ2) is 7.61. The van der Waals surface area contributed by atoms with Crippen molar-refractivity contribution in [2.75, 3.05) is 13.1 Å². The van der Waals surface area contributed by atoms with Gasteiger partial charge in [-0.2, -0.15) is 5.10 Å². The van der Waals surface area contributed by atoms with Gasteiger partial charge in [-0.15, -0.1) is 0 Å². The summed E-state index contributed by atoms with van der Waals surface area (Å²) < 4.78 is 1.60. The van der Waals surface area contributed by atoms with Gasteiger partial charge in [-0.3, -0.25) is 9.48 Å². The Morgan fingerprint density at radius 1 is 1.33 bits per heavy atom. The molecule has 0 aliphatic carbocycles. The zero-order valence-electron chi connectivity index (χ0n) is 12.7. The molecular weight excluding hydrogens is 274 g/mol. The van der Waals surface area contributed by atoms with Crippen LogP contribution in [0.2, 0.25) is 0 Å². The number of hydrogen-bond donors (Lipinski definition) is 3. The molecule has 1 aromatic heterocycles. The molecule has 0 radical (unpaired) electrons. The average molecular weight is 297 g/mol. The molecular formula is C13H23N5O3. The van der Waals surface area contributed by atoms with Gasteiger partial charge in [0.1, 0.15) is 6.33 Å². The molecule has 0 fully saturated rings. The van der Waals surface area contributed by atoms with Crippen molar-refractivity contribution in [1.29, 1.82) is 0 Å². The molecule has 8 nitrogen and oxygen atoms in total. The second-order valence-corrected chi connectivity index (χ2v) is 4.99. The van der Waals surface area contributed by atoms with Crippen molar-refractivity contribution in [3.63, 3.8) is 0 Å².